The molecule has 17 heavy (non-hydrogen) atoms. The minimum Gasteiger partial charge on any atom is -0.481 e. The van der Waals surface area contributed by atoms with Crippen molar-refractivity contribution < 1.29 is 14.6 Å². The van der Waals surface area contributed by atoms with E-state index in [-0.39, 0.29) is 6.61 Å². The van der Waals surface area contributed by atoms with Gasteiger partial charge in [-0.05, 0) is 12.5 Å². The molecule has 4 heteroatoms. The normalized spacial score (nSPS) is 19.2. The largest absolute Gasteiger partial charge is 0.481 e. The number of carboxylic acid groups (broad SMARTS) is 1. The number of aromatic amines is 1. The minimum atomic E-state index is -0.838. The van der Waals surface area contributed by atoms with Crippen molar-refractivity contribution in [1.29, 1.82) is 0 Å². The van der Waals surface area contributed by atoms with Gasteiger partial charge in [0.2, 0.25) is 0 Å². The van der Waals surface area contributed by atoms with Crippen LogP contribution in [0.5, 0.6) is 0 Å². The number of rotatable bonds is 1. The quantitative estimate of drug-likeness (QED) is 0.790. The summed E-state index contributed by atoms with van der Waals surface area (Å²) in [7, 11) is 0. The Morgan fingerprint density at radius 3 is 3.12 bits per heavy atom. The molecule has 2 aromatic rings. The third-order valence-corrected chi connectivity index (χ3v) is 3.36. The Kier molecular flexibility index (Phi) is 2.19. The first kappa shape index (κ1) is 10.4. The molecule has 4 nitrogen and oxygen atoms in total. The number of carboxylic acids is 1. The Labute approximate surface area is 98.2 Å². The molecule has 0 amide bonds. The maximum absolute atomic E-state index is 11.2. The summed E-state index contributed by atoms with van der Waals surface area (Å²) >= 11 is 0. The van der Waals surface area contributed by atoms with Crippen LogP contribution in [0.2, 0.25) is 0 Å². The Morgan fingerprint density at radius 2 is 2.35 bits per heavy atom. The zero-order valence-corrected chi connectivity index (χ0v) is 9.49. The van der Waals surface area contributed by atoms with Crippen LogP contribution in [0.4, 0.5) is 0 Å². The van der Waals surface area contributed by atoms with Crippen molar-refractivity contribution in [2.45, 2.75) is 19.4 Å². The Hall–Kier alpha value is -1.81. The molecule has 1 atom stereocenters. The Morgan fingerprint density at radius 1 is 1.53 bits per heavy atom. The Bertz CT molecular complexity index is 600. The standard InChI is InChI=1S/C13H13NO3/c1-7-3-2-4-8-9-5-17-6-10(13(15)16)12(9)14-11(7)8/h2-4,10,14H,5-6H2,1H3,(H,15,16). The first-order valence-corrected chi connectivity index (χ1v) is 5.59. The molecule has 0 saturated heterocycles. The maximum Gasteiger partial charge on any atom is 0.314 e. The van der Waals surface area contributed by atoms with Gasteiger partial charge in [0, 0.05) is 22.2 Å². The highest BCUT2D eigenvalue weighted by atomic mass is 16.5. The maximum atomic E-state index is 11.2. The number of aromatic nitrogens is 1. The summed E-state index contributed by atoms with van der Waals surface area (Å²) < 4.78 is 5.38. The van der Waals surface area contributed by atoms with Crippen LogP contribution in [0.25, 0.3) is 10.9 Å². The predicted molar refractivity (Wildman–Crippen MR) is 63.1 cm³/mol. The zero-order valence-electron chi connectivity index (χ0n) is 9.49. The highest BCUT2D eigenvalue weighted by Gasteiger charge is 2.30. The van der Waals surface area contributed by atoms with Crippen molar-refractivity contribution >= 4 is 16.9 Å². The minimum absolute atomic E-state index is 0.244. The van der Waals surface area contributed by atoms with E-state index in [1.54, 1.807) is 0 Å². The highest BCUT2D eigenvalue weighted by molar-refractivity contribution is 5.90. The summed E-state index contributed by atoms with van der Waals surface area (Å²) in [6.45, 7) is 2.75. The molecular weight excluding hydrogens is 218 g/mol. The molecule has 0 aliphatic carbocycles. The van der Waals surface area contributed by atoms with Gasteiger partial charge in [-0.25, -0.2) is 0 Å². The number of fused-ring (bicyclic) bond motifs is 3. The van der Waals surface area contributed by atoms with E-state index in [1.165, 1.54) is 0 Å². The molecule has 2 heterocycles. The molecule has 3 rings (SSSR count). The summed E-state index contributed by atoms with van der Waals surface area (Å²) in [4.78, 5) is 14.4. The number of para-hydroxylation sites is 1. The fourth-order valence-electron chi connectivity index (χ4n) is 2.45. The van der Waals surface area contributed by atoms with Gasteiger partial charge >= 0.3 is 5.97 Å². The first-order chi connectivity index (χ1) is 8.18. The number of H-pyrrole nitrogens is 1. The summed E-state index contributed by atoms with van der Waals surface area (Å²) in [5.74, 6) is -1.42. The second-order valence-electron chi connectivity index (χ2n) is 4.42. The predicted octanol–water partition coefficient (Wildman–Crippen LogP) is 2.17. The van der Waals surface area contributed by atoms with Crippen molar-refractivity contribution in [3.8, 4) is 0 Å². The topological polar surface area (TPSA) is 62.3 Å². The van der Waals surface area contributed by atoms with Crippen LogP contribution in [-0.4, -0.2) is 22.7 Å². The number of aliphatic carboxylic acids is 1. The average molecular weight is 231 g/mol. The summed E-state index contributed by atoms with van der Waals surface area (Å²) in [5, 5.41) is 10.3. The number of nitrogens with one attached hydrogen (secondary N) is 1. The van der Waals surface area contributed by atoms with E-state index in [0.29, 0.717) is 6.61 Å². The van der Waals surface area contributed by atoms with Gasteiger partial charge in [0.1, 0.15) is 5.92 Å². The molecule has 0 saturated carbocycles. The third kappa shape index (κ3) is 1.45. The number of carbonyl (C=O) groups is 1. The Balaban J connectivity index is 2.28. The van der Waals surface area contributed by atoms with Crippen LogP contribution >= 0.6 is 0 Å². The monoisotopic (exact) mass is 231 g/mol. The molecule has 1 aromatic carbocycles. The lowest BCUT2D eigenvalue weighted by Gasteiger charge is -2.19. The van der Waals surface area contributed by atoms with Crippen LogP contribution < -0.4 is 0 Å². The molecule has 0 fully saturated rings. The molecular formula is C13H13NO3. The number of ether oxygens (including phenoxy) is 1. The lowest BCUT2D eigenvalue weighted by Crippen LogP contribution is -2.23. The van der Waals surface area contributed by atoms with Crippen molar-refractivity contribution in [1.82, 2.24) is 4.98 Å². The summed E-state index contributed by atoms with van der Waals surface area (Å²) in [5.41, 5.74) is 3.94. The van der Waals surface area contributed by atoms with Gasteiger partial charge in [-0.1, -0.05) is 18.2 Å². The molecule has 88 valence electrons. The van der Waals surface area contributed by atoms with E-state index in [2.05, 4.69) is 4.98 Å². The summed E-state index contributed by atoms with van der Waals surface area (Å²) in [6.07, 6.45) is 0. The molecule has 1 aliphatic heterocycles. The molecule has 0 spiro atoms. The fourth-order valence-corrected chi connectivity index (χ4v) is 2.45. The van der Waals surface area contributed by atoms with Gasteiger partial charge in [-0.2, -0.15) is 0 Å². The van der Waals surface area contributed by atoms with Crippen LogP contribution in [0.1, 0.15) is 22.7 Å². The van der Waals surface area contributed by atoms with E-state index in [1.807, 2.05) is 25.1 Å². The fraction of sp³-hybridized carbons (Fsp3) is 0.308. The van der Waals surface area contributed by atoms with Crippen molar-refractivity contribution in [3.05, 3.63) is 35.0 Å². The summed E-state index contributed by atoms with van der Waals surface area (Å²) in [6, 6.07) is 6.00. The zero-order chi connectivity index (χ0) is 12.0. The van der Waals surface area contributed by atoms with Gasteiger partial charge in [-0.3, -0.25) is 4.79 Å². The molecule has 0 bridgehead atoms. The lowest BCUT2D eigenvalue weighted by molar-refractivity contribution is -0.141. The van der Waals surface area contributed by atoms with E-state index < -0.39 is 11.9 Å². The van der Waals surface area contributed by atoms with Gasteiger partial charge in [-0.15, -0.1) is 0 Å². The smallest absolute Gasteiger partial charge is 0.314 e. The third-order valence-electron chi connectivity index (χ3n) is 3.36. The molecule has 1 unspecified atom stereocenters. The number of hydrogen-bond donors (Lipinski definition) is 2. The van der Waals surface area contributed by atoms with E-state index in [0.717, 1.165) is 27.7 Å². The van der Waals surface area contributed by atoms with Crippen LogP contribution in [0.15, 0.2) is 18.2 Å². The lowest BCUT2D eigenvalue weighted by atomic mass is 9.99. The number of benzene rings is 1. The SMILES string of the molecule is Cc1cccc2c3c([nH]c12)C(C(=O)O)COC3. The van der Waals surface area contributed by atoms with Crippen LogP contribution in [0, 0.1) is 6.92 Å². The van der Waals surface area contributed by atoms with Crippen molar-refractivity contribution in [2.75, 3.05) is 6.61 Å². The molecule has 1 aromatic heterocycles. The highest BCUT2D eigenvalue weighted by Crippen LogP contribution is 2.33. The average Bonchev–Trinajstić information content (AvgIpc) is 2.69. The van der Waals surface area contributed by atoms with Gasteiger partial charge in [0.15, 0.2) is 0 Å². The van der Waals surface area contributed by atoms with E-state index in [4.69, 9.17) is 4.74 Å². The second kappa shape index (κ2) is 3.60. The second-order valence-corrected chi connectivity index (χ2v) is 4.42. The van der Waals surface area contributed by atoms with Gasteiger partial charge in [0.25, 0.3) is 0 Å². The van der Waals surface area contributed by atoms with E-state index in [9.17, 15) is 9.90 Å². The first-order valence-electron chi connectivity index (χ1n) is 5.59. The molecule has 2 N–H and O–H groups in total. The molecule has 0 radical (unpaired) electrons. The number of aryl methyl sites for hydroxylation is 1. The van der Waals surface area contributed by atoms with Crippen molar-refractivity contribution in [2.24, 2.45) is 0 Å². The number of hydrogen-bond acceptors (Lipinski definition) is 2. The van der Waals surface area contributed by atoms with E-state index >= 15 is 0 Å². The van der Waals surface area contributed by atoms with Crippen molar-refractivity contribution in [3.63, 3.8) is 0 Å². The molecule has 1 aliphatic rings. The van der Waals surface area contributed by atoms with Gasteiger partial charge in [0.05, 0.1) is 13.2 Å². The van der Waals surface area contributed by atoms with Crippen LogP contribution in [-0.2, 0) is 16.1 Å². The van der Waals surface area contributed by atoms with Gasteiger partial charge < -0.3 is 14.8 Å². The van der Waals surface area contributed by atoms with Crippen LogP contribution in [0.3, 0.4) is 0 Å².